The molecule has 0 aliphatic carbocycles. The fourth-order valence-electron chi connectivity index (χ4n) is 2.41. The molecule has 0 spiro atoms. The van der Waals surface area contributed by atoms with Crippen molar-refractivity contribution in [2.75, 3.05) is 5.32 Å². The maximum Gasteiger partial charge on any atom is 0.227 e. The Morgan fingerprint density at radius 3 is 2.71 bits per heavy atom. The molecule has 0 fully saturated rings. The number of aliphatic hydroxyl groups is 1. The number of nitrogens with zero attached hydrogens (tertiary/aromatic N) is 1. The number of aliphatic hydroxyl groups excluding tert-OH is 1. The van der Waals surface area contributed by atoms with Crippen LogP contribution in [-0.2, 0) is 4.79 Å². The van der Waals surface area contributed by atoms with Crippen LogP contribution in [0.1, 0.15) is 29.5 Å². The Morgan fingerprint density at radius 1 is 1.21 bits per heavy atom. The average molecular weight is 326 g/mol. The van der Waals surface area contributed by atoms with Crippen molar-refractivity contribution in [1.82, 2.24) is 4.98 Å². The predicted octanol–water partition coefficient (Wildman–Crippen LogP) is 3.21. The van der Waals surface area contributed by atoms with Crippen LogP contribution in [0.15, 0.2) is 40.8 Å². The van der Waals surface area contributed by atoms with Gasteiger partial charge in [-0.1, -0.05) is 12.1 Å². The van der Waals surface area contributed by atoms with Crippen molar-refractivity contribution in [3.63, 3.8) is 0 Å². The minimum absolute atomic E-state index is 0.0271. The first-order valence-corrected chi connectivity index (χ1v) is 7.57. The second kappa shape index (κ2) is 6.33. The number of carbonyl (C=O) groups is 1. The lowest BCUT2D eigenvalue weighted by molar-refractivity contribution is -0.118. The number of hydrogen-bond donors (Lipinski definition) is 3. The number of hydrogen-bond acceptors (Lipinski definition) is 5. The Hall–Kier alpha value is -2.86. The van der Waals surface area contributed by atoms with Crippen LogP contribution in [0.2, 0.25) is 0 Å². The molecule has 6 nitrogen and oxygen atoms in total. The number of aromatic hydroxyl groups is 1. The van der Waals surface area contributed by atoms with Gasteiger partial charge in [0.25, 0.3) is 0 Å². The summed E-state index contributed by atoms with van der Waals surface area (Å²) < 4.78 is 5.49. The number of aryl methyl sites for hydroxylation is 2. The van der Waals surface area contributed by atoms with Crippen LogP contribution in [-0.4, -0.2) is 21.1 Å². The summed E-state index contributed by atoms with van der Waals surface area (Å²) in [7, 11) is 0. The number of fused-ring (bicyclic) bond motifs is 1. The summed E-state index contributed by atoms with van der Waals surface area (Å²) in [5.74, 6) is -0.373. The average Bonchev–Trinajstić information content (AvgIpc) is 2.94. The van der Waals surface area contributed by atoms with Crippen LogP contribution < -0.4 is 5.32 Å². The molecule has 0 saturated heterocycles. The quantitative estimate of drug-likeness (QED) is 0.640. The van der Waals surface area contributed by atoms with Gasteiger partial charge in [-0.2, -0.15) is 0 Å². The van der Waals surface area contributed by atoms with Crippen molar-refractivity contribution in [3.8, 4) is 5.75 Å². The lowest BCUT2D eigenvalue weighted by atomic mass is 10.2. The van der Waals surface area contributed by atoms with Crippen molar-refractivity contribution < 1.29 is 19.4 Å². The third-order valence-electron chi connectivity index (χ3n) is 3.65. The van der Waals surface area contributed by atoms with Crippen molar-refractivity contribution in [2.24, 2.45) is 0 Å². The lowest BCUT2D eigenvalue weighted by Crippen LogP contribution is -2.15. The molecule has 0 bridgehead atoms. The van der Waals surface area contributed by atoms with E-state index in [9.17, 15) is 15.0 Å². The van der Waals surface area contributed by atoms with E-state index < -0.39 is 12.0 Å². The zero-order valence-corrected chi connectivity index (χ0v) is 13.4. The number of nitrogens with one attached hydrogen (secondary N) is 1. The first kappa shape index (κ1) is 16.0. The molecule has 2 aromatic carbocycles. The van der Waals surface area contributed by atoms with Crippen LogP contribution in [0, 0.1) is 13.8 Å². The van der Waals surface area contributed by atoms with Crippen molar-refractivity contribution >= 4 is 22.7 Å². The van der Waals surface area contributed by atoms with E-state index in [1.807, 2.05) is 26.0 Å². The van der Waals surface area contributed by atoms with E-state index in [2.05, 4.69) is 10.3 Å². The molecule has 24 heavy (non-hydrogen) atoms. The normalized spacial score (nSPS) is 12.3. The van der Waals surface area contributed by atoms with Gasteiger partial charge in [0.15, 0.2) is 5.58 Å². The molecule has 3 aromatic rings. The van der Waals surface area contributed by atoms with Gasteiger partial charge in [-0.3, -0.25) is 4.79 Å². The van der Waals surface area contributed by atoms with Crippen LogP contribution in [0.4, 0.5) is 5.69 Å². The van der Waals surface area contributed by atoms with Crippen molar-refractivity contribution in [2.45, 2.75) is 26.4 Å². The summed E-state index contributed by atoms with van der Waals surface area (Å²) in [4.78, 5) is 16.3. The highest BCUT2D eigenvalue weighted by Crippen LogP contribution is 2.26. The molecule has 0 aliphatic heterocycles. The van der Waals surface area contributed by atoms with E-state index in [0.29, 0.717) is 16.8 Å². The van der Waals surface area contributed by atoms with E-state index in [0.717, 1.165) is 11.1 Å². The lowest BCUT2D eigenvalue weighted by Gasteiger charge is -2.10. The molecule has 1 aromatic heterocycles. The highest BCUT2D eigenvalue weighted by molar-refractivity contribution is 5.92. The van der Waals surface area contributed by atoms with Gasteiger partial charge in [-0.05, 0) is 49.2 Å². The molecule has 124 valence electrons. The fraction of sp³-hybridized carbons (Fsp3) is 0.222. The zero-order valence-electron chi connectivity index (χ0n) is 13.4. The number of oxazole rings is 1. The van der Waals surface area contributed by atoms with E-state index in [4.69, 9.17) is 4.42 Å². The van der Waals surface area contributed by atoms with Gasteiger partial charge in [-0.15, -0.1) is 0 Å². The Kier molecular flexibility index (Phi) is 4.22. The van der Waals surface area contributed by atoms with E-state index in [-0.39, 0.29) is 18.1 Å². The van der Waals surface area contributed by atoms with Crippen LogP contribution in [0.3, 0.4) is 0 Å². The topological polar surface area (TPSA) is 95.6 Å². The van der Waals surface area contributed by atoms with E-state index in [1.165, 1.54) is 6.07 Å². The molecule has 1 heterocycles. The van der Waals surface area contributed by atoms with Gasteiger partial charge in [-0.25, -0.2) is 4.98 Å². The SMILES string of the molecule is Cc1ccc(O)c(NC(=O)CC(O)c2nc3cc(C)ccc3o2)c1. The molecular weight excluding hydrogens is 308 g/mol. The Balaban J connectivity index is 1.72. The monoisotopic (exact) mass is 326 g/mol. The maximum atomic E-state index is 12.1. The van der Waals surface area contributed by atoms with E-state index >= 15 is 0 Å². The minimum Gasteiger partial charge on any atom is -0.506 e. The van der Waals surface area contributed by atoms with Crippen LogP contribution in [0.5, 0.6) is 5.75 Å². The first-order valence-electron chi connectivity index (χ1n) is 7.57. The summed E-state index contributed by atoms with van der Waals surface area (Å²) in [6.07, 6.45) is -1.39. The predicted molar refractivity (Wildman–Crippen MR) is 89.8 cm³/mol. The van der Waals surface area contributed by atoms with Gasteiger partial charge in [0.05, 0.1) is 12.1 Å². The number of phenolic OH excluding ortho intramolecular Hbond substituents is 1. The highest BCUT2D eigenvalue weighted by Gasteiger charge is 2.19. The molecule has 1 amide bonds. The number of phenols is 1. The number of anilines is 1. The van der Waals surface area contributed by atoms with E-state index in [1.54, 1.807) is 18.2 Å². The van der Waals surface area contributed by atoms with Crippen molar-refractivity contribution in [3.05, 3.63) is 53.4 Å². The molecule has 6 heteroatoms. The van der Waals surface area contributed by atoms with Gasteiger partial charge >= 0.3 is 0 Å². The van der Waals surface area contributed by atoms with Gasteiger partial charge in [0.2, 0.25) is 11.8 Å². The van der Waals surface area contributed by atoms with Gasteiger partial charge in [0.1, 0.15) is 17.4 Å². The summed E-state index contributed by atoms with van der Waals surface area (Å²) in [5.41, 5.74) is 3.44. The smallest absolute Gasteiger partial charge is 0.227 e. The number of rotatable bonds is 4. The molecule has 0 saturated carbocycles. The molecular formula is C18H18N2O4. The largest absolute Gasteiger partial charge is 0.506 e. The molecule has 3 rings (SSSR count). The highest BCUT2D eigenvalue weighted by atomic mass is 16.4. The Labute approximate surface area is 138 Å². The Bertz CT molecular complexity index is 901. The molecule has 0 aliphatic rings. The summed E-state index contributed by atoms with van der Waals surface area (Å²) in [5, 5.41) is 22.5. The van der Waals surface area contributed by atoms with Crippen molar-refractivity contribution in [1.29, 1.82) is 0 Å². The summed E-state index contributed by atoms with van der Waals surface area (Å²) in [6, 6.07) is 10.4. The van der Waals surface area contributed by atoms with Crippen LogP contribution in [0.25, 0.3) is 11.1 Å². The van der Waals surface area contributed by atoms with Gasteiger partial charge in [0, 0.05) is 0 Å². The maximum absolute atomic E-state index is 12.1. The number of benzene rings is 2. The van der Waals surface area contributed by atoms with Crippen LogP contribution >= 0.6 is 0 Å². The number of amides is 1. The third kappa shape index (κ3) is 3.38. The Morgan fingerprint density at radius 2 is 1.92 bits per heavy atom. The van der Waals surface area contributed by atoms with Gasteiger partial charge < -0.3 is 19.9 Å². The summed E-state index contributed by atoms with van der Waals surface area (Å²) >= 11 is 0. The molecule has 1 unspecified atom stereocenters. The number of carbonyl (C=O) groups excluding carboxylic acids is 1. The number of aromatic nitrogens is 1. The third-order valence-corrected chi connectivity index (χ3v) is 3.65. The second-order valence-electron chi connectivity index (χ2n) is 5.81. The second-order valence-corrected chi connectivity index (χ2v) is 5.81. The standard InChI is InChI=1S/C18H18N2O4/c1-10-3-5-14(21)12(7-10)19-17(23)9-15(22)18-20-13-8-11(2)4-6-16(13)24-18/h3-8,15,21-22H,9H2,1-2H3,(H,19,23). The molecule has 1 atom stereocenters. The molecule has 0 radical (unpaired) electrons. The zero-order chi connectivity index (χ0) is 17.3. The molecule has 3 N–H and O–H groups in total. The summed E-state index contributed by atoms with van der Waals surface area (Å²) in [6.45, 7) is 3.79. The fourth-order valence-corrected chi connectivity index (χ4v) is 2.41. The minimum atomic E-state index is -1.16. The first-order chi connectivity index (χ1) is 11.4.